The second-order valence-corrected chi connectivity index (χ2v) is 6.33. The first kappa shape index (κ1) is 13.0. The lowest BCUT2D eigenvalue weighted by molar-refractivity contribution is 0.661. The van der Waals surface area contributed by atoms with E-state index in [1.807, 2.05) is 6.20 Å². The fourth-order valence-corrected chi connectivity index (χ4v) is 2.93. The Balaban J connectivity index is 2.18. The Morgan fingerprint density at radius 3 is 2.84 bits per heavy atom. The van der Waals surface area contributed by atoms with Gasteiger partial charge in [-0.05, 0) is 59.9 Å². The molecule has 0 bridgehead atoms. The Labute approximate surface area is 130 Å². The summed E-state index contributed by atoms with van der Waals surface area (Å²) in [7, 11) is 0. The Kier molecular flexibility index (Phi) is 3.53. The van der Waals surface area contributed by atoms with Crippen LogP contribution >= 0.6 is 34.8 Å². The lowest BCUT2D eigenvalue weighted by Crippen LogP contribution is -2.18. The summed E-state index contributed by atoms with van der Waals surface area (Å²) < 4.78 is 2.82. The van der Waals surface area contributed by atoms with Crippen LogP contribution in [0.4, 0.5) is 0 Å². The van der Waals surface area contributed by atoms with Gasteiger partial charge in [0, 0.05) is 11.9 Å². The highest BCUT2D eigenvalue weighted by Gasteiger charge is 2.17. The summed E-state index contributed by atoms with van der Waals surface area (Å²) >= 11 is 7.38. The summed E-state index contributed by atoms with van der Waals surface area (Å²) in [5.74, 6) is 0.746. The zero-order valence-corrected chi connectivity index (χ0v) is 13.2. The highest BCUT2D eigenvalue weighted by molar-refractivity contribution is 14.1. The van der Waals surface area contributed by atoms with Crippen molar-refractivity contribution in [3.63, 3.8) is 0 Å². The van der Waals surface area contributed by atoms with Gasteiger partial charge < -0.3 is 5.73 Å². The van der Waals surface area contributed by atoms with E-state index in [9.17, 15) is 0 Å². The van der Waals surface area contributed by atoms with E-state index in [4.69, 9.17) is 22.9 Å². The summed E-state index contributed by atoms with van der Waals surface area (Å²) in [6.45, 7) is 0. The molecular weight excluding hydrogens is 371 g/mol. The molecule has 0 fully saturated rings. The average Bonchev–Trinajstić information content (AvgIpc) is 2.83. The van der Waals surface area contributed by atoms with E-state index in [0.717, 1.165) is 33.5 Å². The number of nitrogens with zero attached hydrogens (tertiary/aromatic N) is 3. The molecule has 0 saturated heterocycles. The molecule has 2 N–H and O–H groups in total. The van der Waals surface area contributed by atoms with Crippen molar-refractivity contribution in [2.24, 2.45) is 5.73 Å². The van der Waals surface area contributed by atoms with Crippen molar-refractivity contribution in [3.05, 3.63) is 38.9 Å². The predicted molar refractivity (Wildman–Crippen MR) is 86.6 cm³/mol. The number of hydrogen-bond donors (Lipinski definition) is 1. The Bertz CT molecular complexity index is 650. The lowest BCUT2D eigenvalue weighted by atomic mass is 9.94. The van der Waals surface area contributed by atoms with Crippen LogP contribution in [-0.4, -0.2) is 19.8 Å². The fourth-order valence-electron chi connectivity index (χ4n) is 2.40. The van der Waals surface area contributed by atoms with Crippen molar-refractivity contribution >= 4 is 39.8 Å². The third kappa shape index (κ3) is 2.51. The molecule has 2 heterocycles. The monoisotopic (exact) mass is 384 g/mol. The second kappa shape index (κ2) is 5.16. The number of nitrogens with two attached hydrogens (primary N) is 1. The largest absolute Gasteiger partial charge is 0.389 e. The molecule has 1 aliphatic carbocycles. The maximum absolute atomic E-state index is 5.84. The molecule has 0 unspecified atom stereocenters. The van der Waals surface area contributed by atoms with Crippen molar-refractivity contribution in [2.45, 2.75) is 25.7 Å². The van der Waals surface area contributed by atoms with Crippen molar-refractivity contribution in [2.75, 3.05) is 0 Å². The number of pyridine rings is 1. The van der Waals surface area contributed by atoms with E-state index < -0.39 is 0 Å². The highest BCUT2D eigenvalue weighted by Crippen LogP contribution is 2.24. The standard InChI is InChI=1S/C13H13IN4S/c14-9-6-16-18(7-9)13-10(12(15)19)5-8-3-1-2-4-11(8)17-13/h5-7H,1-4H2,(H2,15,19). The molecule has 0 saturated carbocycles. The summed E-state index contributed by atoms with van der Waals surface area (Å²) in [5.41, 5.74) is 9.09. The maximum Gasteiger partial charge on any atom is 0.163 e. The molecule has 0 atom stereocenters. The molecular formula is C13H13IN4S. The van der Waals surface area contributed by atoms with E-state index in [2.05, 4.69) is 33.8 Å². The summed E-state index contributed by atoms with van der Waals surface area (Å²) in [4.78, 5) is 5.12. The van der Waals surface area contributed by atoms with Gasteiger partial charge >= 0.3 is 0 Å². The topological polar surface area (TPSA) is 56.7 Å². The molecule has 98 valence electrons. The van der Waals surface area contributed by atoms with E-state index in [1.54, 1.807) is 10.9 Å². The van der Waals surface area contributed by atoms with Crippen molar-refractivity contribution in [3.8, 4) is 5.82 Å². The number of aromatic nitrogens is 3. The van der Waals surface area contributed by atoms with E-state index in [-0.39, 0.29) is 0 Å². The van der Waals surface area contributed by atoms with E-state index in [0.29, 0.717) is 4.99 Å². The van der Waals surface area contributed by atoms with Crippen LogP contribution in [0.25, 0.3) is 5.82 Å². The first-order valence-corrected chi connectivity index (χ1v) is 7.67. The van der Waals surface area contributed by atoms with Crippen LogP contribution < -0.4 is 5.73 Å². The molecule has 0 spiro atoms. The summed E-state index contributed by atoms with van der Waals surface area (Å²) in [5, 5.41) is 4.31. The van der Waals surface area contributed by atoms with Crippen LogP contribution in [0.5, 0.6) is 0 Å². The summed E-state index contributed by atoms with van der Waals surface area (Å²) in [6, 6.07) is 2.09. The Morgan fingerprint density at radius 2 is 2.16 bits per heavy atom. The van der Waals surface area contributed by atoms with Gasteiger partial charge in [0.25, 0.3) is 0 Å². The Hall–Kier alpha value is -1.02. The van der Waals surface area contributed by atoms with Gasteiger partial charge in [-0.1, -0.05) is 12.2 Å². The van der Waals surface area contributed by atoms with Gasteiger partial charge in [-0.3, -0.25) is 0 Å². The quantitative estimate of drug-likeness (QED) is 0.638. The molecule has 6 heteroatoms. The normalized spacial score (nSPS) is 14.2. The molecule has 2 aromatic heterocycles. The third-order valence-corrected chi connectivity index (χ3v) is 4.09. The van der Waals surface area contributed by atoms with Gasteiger partial charge in [-0.15, -0.1) is 0 Å². The highest BCUT2D eigenvalue weighted by atomic mass is 127. The van der Waals surface area contributed by atoms with E-state index in [1.165, 1.54) is 18.4 Å². The minimum absolute atomic E-state index is 0.376. The van der Waals surface area contributed by atoms with Crippen molar-refractivity contribution in [1.82, 2.24) is 14.8 Å². The number of fused-ring (bicyclic) bond motifs is 1. The molecule has 0 aromatic carbocycles. The number of hydrogen-bond acceptors (Lipinski definition) is 3. The molecule has 19 heavy (non-hydrogen) atoms. The van der Waals surface area contributed by atoms with Crippen LogP contribution in [0.3, 0.4) is 0 Å². The minimum atomic E-state index is 0.376. The predicted octanol–water partition coefficient (Wildman–Crippen LogP) is 2.38. The molecule has 0 aliphatic heterocycles. The van der Waals surface area contributed by atoms with Crippen LogP contribution in [0.2, 0.25) is 0 Å². The number of halogens is 1. The zero-order chi connectivity index (χ0) is 13.4. The molecule has 0 radical (unpaired) electrons. The van der Waals surface area contributed by atoms with Gasteiger partial charge in [0.05, 0.1) is 15.3 Å². The summed E-state index contributed by atoms with van der Waals surface area (Å²) in [6.07, 6.45) is 8.23. The Morgan fingerprint density at radius 1 is 1.37 bits per heavy atom. The average molecular weight is 384 g/mol. The second-order valence-electron chi connectivity index (χ2n) is 4.64. The zero-order valence-electron chi connectivity index (χ0n) is 10.3. The molecule has 3 rings (SSSR count). The van der Waals surface area contributed by atoms with Crippen LogP contribution in [0.15, 0.2) is 18.5 Å². The molecule has 1 aliphatic rings. The molecule has 2 aromatic rings. The SMILES string of the molecule is NC(=S)c1cc2c(nc1-n1cc(I)cn1)CCCC2. The van der Waals surface area contributed by atoms with Gasteiger partial charge in [0.2, 0.25) is 0 Å². The first-order valence-electron chi connectivity index (χ1n) is 6.18. The number of rotatable bonds is 2. The third-order valence-electron chi connectivity index (χ3n) is 3.31. The molecule has 4 nitrogen and oxygen atoms in total. The van der Waals surface area contributed by atoms with Gasteiger partial charge in [0.15, 0.2) is 5.82 Å². The number of aryl methyl sites for hydroxylation is 2. The number of thiocarbonyl (C=S) groups is 1. The van der Waals surface area contributed by atoms with Crippen LogP contribution in [-0.2, 0) is 12.8 Å². The minimum Gasteiger partial charge on any atom is -0.389 e. The lowest BCUT2D eigenvalue weighted by Gasteiger charge is -2.18. The van der Waals surface area contributed by atoms with Crippen LogP contribution in [0.1, 0.15) is 29.7 Å². The van der Waals surface area contributed by atoms with E-state index >= 15 is 0 Å². The smallest absolute Gasteiger partial charge is 0.163 e. The van der Waals surface area contributed by atoms with Crippen molar-refractivity contribution < 1.29 is 0 Å². The first-order chi connectivity index (χ1) is 9.15. The van der Waals surface area contributed by atoms with Gasteiger partial charge in [-0.2, -0.15) is 5.10 Å². The van der Waals surface area contributed by atoms with Gasteiger partial charge in [-0.25, -0.2) is 9.67 Å². The van der Waals surface area contributed by atoms with Crippen LogP contribution in [0, 0.1) is 3.57 Å². The molecule has 0 amide bonds. The van der Waals surface area contributed by atoms with Gasteiger partial charge in [0.1, 0.15) is 4.99 Å². The fraction of sp³-hybridized carbons (Fsp3) is 0.308. The maximum atomic E-state index is 5.84. The van der Waals surface area contributed by atoms with Crippen molar-refractivity contribution in [1.29, 1.82) is 0 Å².